The maximum Gasteiger partial charge on any atom is 0.283 e. The van der Waals surface area contributed by atoms with Crippen molar-refractivity contribution in [2.24, 2.45) is 0 Å². The first-order valence-corrected chi connectivity index (χ1v) is 9.60. The molecule has 0 aliphatic carbocycles. The van der Waals surface area contributed by atoms with E-state index >= 15 is 0 Å². The van der Waals surface area contributed by atoms with E-state index in [1.54, 1.807) is 36.9 Å². The molecular formula is C21H25ClN3O3+. The normalized spacial score (nSPS) is 16.1. The van der Waals surface area contributed by atoms with Crippen LogP contribution in [0, 0.1) is 0 Å². The minimum atomic E-state index is -0.953. The number of hydrogen-bond donors (Lipinski definition) is 2. The second kappa shape index (κ2) is 8.20. The Bertz CT molecular complexity index is 867. The van der Waals surface area contributed by atoms with E-state index in [4.69, 9.17) is 16.3 Å². The summed E-state index contributed by atoms with van der Waals surface area (Å²) in [4.78, 5) is 28.2. The summed E-state index contributed by atoms with van der Waals surface area (Å²) in [6, 6.07) is 14.5. The number of benzene rings is 2. The molecule has 1 aliphatic heterocycles. The third-order valence-electron chi connectivity index (χ3n) is 4.82. The summed E-state index contributed by atoms with van der Waals surface area (Å²) < 4.78 is 5.70. The van der Waals surface area contributed by atoms with Crippen LogP contribution in [0.3, 0.4) is 0 Å². The van der Waals surface area contributed by atoms with Crippen LogP contribution in [0.15, 0.2) is 48.5 Å². The number of halogens is 1. The lowest BCUT2D eigenvalue weighted by molar-refractivity contribution is -0.871. The maximum atomic E-state index is 13.1. The van der Waals surface area contributed by atoms with E-state index in [1.165, 1.54) is 0 Å². The molecule has 7 heteroatoms. The monoisotopic (exact) mass is 402 g/mol. The lowest BCUT2D eigenvalue weighted by atomic mass is 9.96. The van der Waals surface area contributed by atoms with Gasteiger partial charge in [-0.15, -0.1) is 0 Å². The van der Waals surface area contributed by atoms with Crippen LogP contribution in [0.2, 0.25) is 5.02 Å². The van der Waals surface area contributed by atoms with E-state index in [-0.39, 0.29) is 18.4 Å². The van der Waals surface area contributed by atoms with Crippen molar-refractivity contribution in [3.8, 4) is 5.75 Å². The van der Waals surface area contributed by atoms with Gasteiger partial charge in [0.25, 0.3) is 5.91 Å². The minimum Gasteiger partial charge on any atom is -0.488 e. The number of fused-ring (bicyclic) bond motifs is 1. The largest absolute Gasteiger partial charge is 0.488 e. The summed E-state index contributed by atoms with van der Waals surface area (Å²) in [6.07, 6.45) is 0. The summed E-state index contributed by atoms with van der Waals surface area (Å²) in [5.41, 5.74) is 0.428. The Labute approximate surface area is 170 Å². The fourth-order valence-corrected chi connectivity index (χ4v) is 3.32. The van der Waals surface area contributed by atoms with Crippen molar-refractivity contribution < 1.29 is 19.2 Å². The number of anilines is 2. The zero-order valence-electron chi connectivity index (χ0n) is 16.3. The molecule has 0 saturated heterocycles. The molecule has 6 nitrogen and oxygen atoms in total. The predicted octanol–water partition coefficient (Wildman–Crippen LogP) is 2.00. The van der Waals surface area contributed by atoms with Crippen LogP contribution < -0.4 is 19.9 Å². The number of amides is 2. The second-order valence-corrected chi connectivity index (χ2v) is 7.88. The van der Waals surface area contributed by atoms with Gasteiger partial charge in [-0.05, 0) is 50.2 Å². The Morgan fingerprint density at radius 3 is 2.57 bits per heavy atom. The second-order valence-electron chi connectivity index (χ2n) is 7.45. The van der Waals surface area contributed by atoms with Gasteiger partial charge in [0.05, 0.1) is 18.4 Å². The van der Waals surface area contributed by atoms with Crippen LogP contribution in [0.25, 0.3) is 0 Å². The van der Waals surface area contributed by atoms with E-state index in [9.17, 15) is 9.59 Å². The molecule has 2 aromatic rings. The third-order valence-corrected chi connectivity index (χ3v) is 5.07. The van der Waals surface area contributed by atoms with Gasteiger partial charge in [0.1, 0.15) is 24.4 Å². The van der Waals surface area contributed by atoms with Crippen LogP contribution in [0.4, 0.5) is 11.4 Å². The topological polar surface area (TPSA) is 63.1 Å². The highest BCUT2D eigenvalue weighted by atomic mass is 35.5. The van der Waals surface area contributed by atoms with Crippen LogP contribution in [0.1, 0.15) is 13.8 Å². The van der Waals surface area contributed by atoms with Crippen LogP contribution in [0.5, 0.6) is 5.75 Å². The first-order chi connectivity index (χ1) is 13.3. The SMILES string of the molecule is C[NH+](CCOc1ccc(Cl)cc1)CC(=O)N1c2ccccc2NC(=O)C1(C)C. The standard InChI is InChI=1S/C21H24ClN3O3/c1-21(2)20(27)23-17-6-4-5-7-18(17)25(21)19(26)14-24(3)12-13-28-16-10-8-15(22)9-11-16/h4-11H,12-14H2,1-3H3,(H,23,27)/p+1. The molecule has 0 spiro atoms. The van der Waals surface area contributed by atoms with Crippen molar-refractivity contribution in [1.29, 1.82) is 0 Å². The summed E-state index contributed by atoms with van der Waals surface area (Å²) in [5, 5.41) is 3.54. The molecule has 0 fully saturated rings. The fraction of sp³-hybridized carbons (Fsp3) is 0.333. The minimum absolute atomic E-state index is 0.101. The van der Waals surface area contributed by atoms with Gasteiger partial charge in [0.2, 0.25) is 5.91 Å². The Hall–Kier alpha value is -2.57. The fourth-order valence-electron chi connectivity index (χ4n) is 3.20. The molecule has 1 unspecified atom stereocenters. The van der Waals surface area contributed by atoms with E-state index in [1.807, 2.05) is 37.4 Å². The average Bonchev–Trinajstić information content (AvgIpc) is 2.64. The van der Waals surface area contributed by atoms with Gasteiger partial charge in [0.15, 0.2) is 6.54 Å². The lowest BCUT2D eigenvalue weighted by Crippen LogP contribution is -3.11. The molecule has 0 radical (unpaired) electrons. The number of carbonyl (C=O) groups is 2. The van der Waals surface area contributed by atoms with Crippen molar-refractivity contribution in [3.05, 3.63) is 53.6 Å². The molecule has 0 aromatic heterocycles. The maximum absolute atomic E-state index is 13.1. The molecule has 1 atom stereocenters. The number of ether oxygens (including phenoxy) is 1. The lowest BCUT2D eigenvalue weighted by Gasteiger charge is -2.42. The number of carbonyl (C=O) groups excluding carboxylic acids is 2. The van der Waals surface area contributed by atoms with Crippen molar-refractivity contribution in [2.75, 3.05) is 37.0 Å². The van der Waals surface area contributed by atoms with Crippen molar-refractivity contribution in [3.63, 3.8) is 0 Å². The van der Waals surface area contributed by atoms with Crippen LogP contribution in [-0.4, -0.2) is 44.1 Å². The summed E-state index contributed by atoms with van der Waals surface area (Å²) in [5.74, 6) is 0.450. The summed E-state index contributed by atoms with van der Waals surface area (Å²) in [7, 11) is 1.94. The molecule has 2 aromatic carbocycles. The first kappa shape index (κ1) is 20.2. The molecule has 28 heavy (non-hydrogen) atoms. The van der Waals surface area contributed by atoms with Gasteiger partial charge in [-0.2, -0.15) is 0 Å². The van der Waals surface area contributed by atoms with Gasteiger partial charge in [-0.3, -0.25) is 14.5 Å². The Morgan fingerprint density at radius 2 is 1.86 bits per heavy atom. The highest BCUT2D eigenvalue weighted by Crippen LogP contribution is 2.36. The zero-order valence-corrected chi connectivity index (χ0v) is 17.0. The van der Waals surface area contributed by atoms with E-state index in [0.717, 1.165) is 16.3 Å². The molecule has 0 saturated carbocycles. The van der Waals surface area contributed by atoms with Crippen molar-refractivity contribution in [1.82, 2.24) is 0 Å². The molecule has 0 bridgehead atoms. The summed E-state index contributed by atoms with van der Waals surface area (Å²) >= 11 is 5.87. The van der Waals surface area contributed by atoms with E-state index in [0.29, 0.717) is 23.9 Å². The van der Waals surface area contributed by atoms with Gasteiger partial charge in [-0.25, -0.2) is 0 Å². The van der Waals surface area contributed by atoms with Gasteiger partial charge in [0, 0.05) is 5.02 Å². The van der Waals surface area contributed by atoms with Gasteiger partial charge < -0.3 is 15.0 Å². The Morgan fingerprint density at radius 1 is 1.18 bits per heavy atom. The number of nitrogens with one attached hydrogen (secondary N) is 2. The molecular weight excluding hydrogens is 378 g/mol. The first-order valence-electron chi connectivity index (χ1n) is 9.22. The number of para-hydroxylation sites is 2. The molecule has 1 heterocycles. The Kier molecular flexibility index (Phi) is 5.91. The number of rotatable bonds is 6. The van der Waals surface area contributed by atoms with E-state index < -0.39 is 5.54 Å². The third kappa shape index (κ3) is 4.29. The molecule has 148 valence electrons. The zero-order chi connectivity index (χ0) is 20.3. The highest BCUT2D eigenvalue weighted by Gasteiger charge is 2.44. The molecule has 2 N–H and O–H groups in total. The van der Waals surface area contributed by atoms with Crippen LogP contribution >= 0.6 is 11.6 Å². The Balaban J connectivity index is 1.62. The van der Waals surface area contributed by atoms with E-state index in [2.05, 4.69) is 5.32 Å². The van der Waals surface area contributed by atoms with Crippen molar-refractivity contribution >= 4 is 34.8 Å². The average molecular weight is 403 g/mol. The van der Waals surface area contributed by atoms with Gasteiger partial charge in [-0.1, -0.05) is 23.7 Å². The number of nitrogens with zero attached hydrogens (tertiary/aromatic N) is 1. The van der Waals surface area contributed by atoms with Crippen LogP contribution in [-0.2, 0) is 9.59 Å². The molecule has 2 amide bonds. The molecule has 1 aliphatic rings. The van der Waals surface area contributed by atoms with Crippen molar-refractivity contribution in [2.45, 2.75) is 19.4 Å². The number of quaternary nitrogens is 1. The number of likely N-dealkylation sites (N-methyl/N-ethyl adjacent to an activating group) is 1. The quantitative estimate of drug-likeness (QED) is 0.776. The predicted molar refractivity (Wildman–Crippen MR) is 110 cm³/mol. The highest BCUT2D eigenvalue weighted by molar-refractivity contribution is 6.30. The smallest absolute Gasteiger partial charge is 0.283 e. The molecule has 3 rings (SSSR count). The number of hydrogen-bond acceptors (Lipinski definition) is 3. The van der Waals surface area contributed by atoms with Gasteiger partial charge >= 0.3 is 0 Å². The summed E-state index contributed by atoms with van der Waals surface area (Å²) in [6.45, 7) is 4.90.